The maximum Gasteiger partial charge on any atom is 0.326 e. The van der Waals surface area contributed by atoms with Crippen LogP contribution in [0.5, 0.6) is 5.75 Å². The van der Waals surface area contributed by atoms with Crippen molar-refractivity contribution in [2.75, 3.05) is 6.61 Å². The van der Waals surface area contributed by atoms with Gasteiger partial charge in [0.05, 0.1) is 11.5 Å². The summed E-state index contributed by atoms with van der Waals surface area (Å²) in [6.07, 6.45) is 0. The van der Waals surface area contributed by atoms with E-state index in [4.69, 9.17) is 9.84 Å². The molecule has 120 valence electrons. The van der Waals surface area contributed by atoms with Gasteiger partial charge in [0.25, 0.3) is 5.91 Å². The fourth-order valence-corrected chi connectivity index (χ4v) is 1.82. The Hall–Kier alpha value is -2.64. The molecule has 1 atom stereocenters. The van der Waals surface area contributed by atoms with Gasteiger partial charge in [0.15, 0.2) is 5.75 Å². The van der Waals surface area contributed by atoms with Gasteiger partial charge in [-0.2, -0.15) is 0 Å². The van der Waals surface area contributed by atoms with E-state index in [9.17, 15) is 19.7 Å². The molecule has 0 radical (unpaired) electrons. The van der Waals surface area contributed by atoms with Crippen LogP contribution in [0.2, 0.25) is 0 Å². The standard InChI is InChI=1S/C14H18N2O6/c1-4-22-11-6-5-9(7-10(11)16(20)21)13(17)15-12(8(2)3)14(18)19/h5-8,12H,4H2,1-3H3,(H,15,17)(H,18,19)/t12-/m1/s1. The highest BCUT2D eigenvalue weighted by atomic mass is 16.6. The van der Waals surface area contributed by atoms with Gasteiger partial charge in [0.2, 0.25) is 0 Å². The Morgan fingerprint density at radius 1 is 1.41 bits per heavy atom. The monoisotopic (exact) mass is 310 g/mol. The third kappa shape index (κ3) is 4.18. The smallest absolute Gasteiger partial charge is 0.326 e. The Balaban J connectivity index is 3.06. The number of aliphatic carboxylic acids is 1. The van der Waals surface area contributed by atoms with Crippen LogP contribution < -0.4 is 10.1 Å². The molecule has 0 aliphatic heterocycles. The van der Waals surface area contributed by atoms with E-state index in [-0.39, 0.29) is 29.5 Å². The Kier molecular flexibility index (Phi) is 5.85. The molecule has 0 saturated heterocycles. The summed E-state index contributed by atoms with van der Waals surface area (Å²) in [5.74, 6) is -2.11. The Labute approximate surface area is 127 Å². The van der Waals surface area contributed by atoms with Crippen LogP contribution in [0, 0.1) is 16.0 Å². The molecular weight excluding hydrogens is 292 g/mol. The third-order valence-electron chi connectivity index (χ3n) is 2.94. The highest BCUT2D eigenvalue weighted by Gasteiger charge is 2.25. The molecule has 1 amide bonds. The van der Waals surface area contributed by atoms with Gasteiger partial charge >= 0.3 is 11.7 Å². The molecule has 0 bridgehead atoms. The predicted octanol–water partition coefficient (Wildman–Crippen LogP) is 1.83. The average Bonchev–Trinajstić information content (AvgIpc) is 2.44. The quantitative estimate of drug-likeness (QED) is 0.586. The van der Waals surface area contributed by atoms with Crippen molar-refractivity contribution in [1.29, 1.82) is 0 Å². The molecule has 1 aromatic carbocycles. The van der Waals surface area contributed by atoms with Crippen molar-refractivity contribution in [3.63, 3.8) is 0 Å². The molecule has 2 N–H and O–H groups in total. The lowest BCUT2D eigenvalue weighted by Crippen LogP contribution is -2.44. The van der Waals surface area contributed by atoms with Crippen molar-refractivity contribution in [1.82, 2.24) is 5.32 Å². The van der Waals surface area contributed by atoms with Crippen molar-refractivity contribution >= 4 is 17.6 Å². The molecule has 0 heterocycles. The zero-order valence-corrected chi connectivity index (χ0v) is 12.5. The first kappa shape index (κ1) is 17.4. The van der Waals surface area contributed by atoms with Gasteiger partial charge in [-0.1, -0.05) is 13.8 Å². The van der Waals surface area contributed by atoms with Gasteiger partial charge in [0.1, 0.15) is 6.04 Å². The van der Waals surface area contributed by atoms with Gasteiger partial charge < -0.3 is 15.2 Å². The van der Waals surface area contributed by atoms with Gasteiger partial charge in [-0.15, -0.1) is 0 Å². The molecule has 8 nitrogen and oxygen atoms in total. The molecule has 22 heavy (non-hydrogen) atoms. The molecule has 1 aromatic rings. The lowest BCUT2D eigenvalue weighted by molar-refractivity contribution is -0.385. The number of carboxylic acids is 1. The molecule has 1 rings (SSSR count). The molecule has 0 spiro atoms. The fraction of sp³-hybridized carbons (Fsp3) is 0.429. The Morgan fingerprint density at radius 3 is 2.50 bits per heavy atom. The molecule has 0 fully saturated rings. The zero-order chi connectivity index (χ0) is 16.9. The SMILES string of the molecule is CCOc1ccc(C(=O)N[C@@H](C(=O)O)C(C)C)cc1[N+](=O)[O-]. The van der Waals surface area contributed by atoms with Crippen molar-refractivity contribution in [3.8, 4) is 5.75 Å². The van der Waals surface area contributed by atoms with E-state index in [0.29, 0.717) is 0 Å². The summed E-state index contributed by atoms with van der Waals surface area (Å²) < 4.78 is 5.12. The van der Waals surface area contributed by atoms with Crippen LogP contribution in [0.1, 0.15) is 31.1 Å². The number of nitrogens with one attached hydrogen (secondary N) is 1. The minimum atomic E-state index is -1.16. The van der Waals surface area contributed by atoms with E-state index in [1.54, 1.807) is 20.8 Å². The number of nitro groups is 1. The second-order valence-electron chi connectivity index (χ2n) is 4.91. The summed E-state index contributed by atoms with van der Waals surface area (Å²) in [6, 6.07) is 2.67. The van der Waals surface area contributed by atoms with Crippen LogP contribution in [0.15, 0.2) is 18.2 Å². The lowest BCUT2D eigenvalue weighted by atomic mass is 10.0. The molecule has 0 aromatic heterocycles. The maximum absolute atomic E-state index is 12.1. The highest BCUT2D eigenvalue weighted by molar-refractivity contribution is 5.97. The van der Waals surface area contributed by atoms with E-state index in [1.807, 2.05) is 0 Å². The number of ether oxygens (including phenoxy) is 1. The van der Waals surface area contributed by atoms with E-state index in [1.165, 1.54) is 12.1 Å². The number of nitrogens with zero attached hydrogens (tertiary/aromatic N) is 1. The average molecular weight is 310 g/mol. The minimum absolute atomic E-state index is 0.00190. The molecule has 0 aliphatic rings. The molecule has 0 aliphatic carbocycles. The topological polar surface area (TPSA) is 119 Å². The van der Waals surface area contributed by atoms with Gasteiger partial charge in [-0.05, 0) is 25.0 Å². The van der Waals surface area contributed by atoms with Crippen LogP contribution in [-0.4, -0.2) is 34.6 Å². The van der Waals surface area contributed by atoms with Crippen LogP contribution in [-0.2, 0) is 4.79 Å². The Bertz CT molecular complexity index is 585. The first-order chi connectivity index (χ1) is 10.3. The number of amides is 1. The van der Waals surface area contributed by atoms with Crippen molar-refractivity contribution < 1.29 is 24.4 Å². The molecule has 8 heteroatoms. The second kappa shape index (κ2) is 7.39. The third-order valence-corrected chi connectivity index (χ3v) is 2.94. The number of carboxylic acid groups (broad SMARTS) is 1. The number of nitro benzene ring substituents is 1. The Morgan fingerprint density at radius 2 is 2.05 bits per heavy atom. The summed E-state index contributed by atoms with van der Waals surface area (Å²) in [4.78, 5) is 33.5. The van der Waals surface area contributed by atoms with E-state index < -0.39 is 22.8 Å². The number of rotatable bonds is 7. The van der Waals surface area contributed by atoms with Gasteiger partial charge in [-0.25, -0.2) is 4.79 Å². The number of carbonyl (C=O) groups excluding carboxylic acids is 1. The molecule has 0 saturated carbocycles. The van der Waals surface area contributed by atoms with Crippen molar-refractivity contribution in [3.05, 3.63) is 33.9 Å². The molecule has 0 unspecified atom stereocenters. The summed E-state index contributed by atoms with van der Waals surface area (Å²) in [5.41, 5.74) is -0.340. The lowest BCUT2D eigenvalue weighted by Gasteiger charge is -2.18. The highest BCUT2D eigenvalue weighted by Crippen LogP contribution is 2.28. The summed E-state index contributed by atoms with van der Waals surface area (Å²) in [7, 11) is 0. The first-order valence-corrected chi connectivity index (χ1v) is 6.72. The largest absolute Gasteiger partial charge is 0.487 e. The van der Waals surface area contributed by atoms with E-state index in [0.717, 1.165) is 6.07 Å². The number of carbonyl (C=O) groups is 2. The summed E-state index contributed by atoms with van der Waals surface area (Å²) >= 11 is 0. The van der Waals surface area contributed by atoms with Crippen molar-refractivity contribution in [2.45, 2.75) is 26.8 Å². The van der Waals surface area contributed by atoms with Crippen LogP contribution in [0.25, 0.3) is 0 Å². The maximum atomic E-state index is 12.1. The summed E-state index contributed by atoms with van der Waals surface area (Å²) in [5, 5.41) is 22.4. The van der Waals surface area contributed by atoms with E-state index >= 15 is 0 Å². The number of hydrogen-bond donors (Lipinski definition) is 2. The van der Waals surface area contributed by atoms with Gasteiger partial charge in [-0.3, -0.25) is 14.9 Å². The number of benzene rings is 1. The van der Waals surface area contributed by atoms with Crippen LogP contribution in [0.3, 0.4) is 0 Å². The van der Waals surface area contributed by atoms with Crippen LogP contribution in [0.4, 0.5) is 5.69 Å². The second-order valence-corrected chi connectivity index (χ2v) is 4.91. The van der Waals surface area contributed by atoms with Gasteiger partial charge in [0, 0.05) is 11.6 Å². The predicted molar refractivity (Wildman–Crippen MR) is 78.0 cm³/mol. The van der Waals surface area contributed by atoms with E-state index in [2.05, 4.69) is 5.32 Å². The van der Waals surface area contributed by atoms with Crippen molar-refractivity contribution in [2.24, 2.45) is 5.92 Å². The number of hydrogen-bond acceptors (Lipinski definition) is 5. The zero-order valence-electron chi connectivity index (χ0n) is 12.5. The summed E-state index contributed by atoms with van der Waals surface area (Å²) in [6.45, 7) is 5.24. The van der Waals surface area contributed by atoms with Crippen LogP contribution >= 0.6 is 0 Å². The molecular formula is C14H18N2O6. The first-order valence-electron chi connectivity index (χ1n) is 6.72. The minimum Gasteiger partial charge on any atom is -0.487 e. The normalized spacial score (nSPS) is 11.8. The fourth-order valence-electron chi connectivity index (χ4n) is 1.82.